The van der Waals surface area contributed by atoms with E-state index in [1.165, 1.54) is 19.3 Å². The first kappa shape index (κ1) is 17.5. The molecule has 0 radical (unpaired) electrons. The molecule has 21 heavy (non-hydrogen) atoms. The van der Waals surface area contributed by atoms with E-state index in [1.807, 2.05) is 0 Å². The van der Waals surface area contributed by atoms with Gasteiger partial charge in [-0.1, -0.05) is 40.0 Å². The van der Waals surface area contributed by atoms with Crippen molar-refractivity contribution in [2.24, 2.45) is 11.8 Å². The Morgan fingerprint density at radius 1 is 1.10 bits per heavy atom. The van der Waals surface area contributed by atoms with Crippen molar-refractivity contribution in [1.82, 2.24) is 0 Å². The van der Waals surface area contributed by atoms with Gasteiger partial charge in [0.15, 0.2) is 11.5 Å². The van der Waals surface area contributed by atoms with Crippen molar-refractivity contribution in [2.45, 2.75) is 46.5 Å². The molecule has 0 aromatic heterocycles. The van der Waals surface area contributed by atoms with Crippen LogP contribution in [0.5, 0.6) is 11.5 Å². The molecule has 1 rings (SSSR count). The third-order valence-electron chi connectivity index (χ3n) is 3.67. The van der Waals surface area contributed by atoms with E-state index in [4.69, 9.17) is 9.47 Å². The van der Waals surface area contributed by atoms with Crippen LogP contribution in [0.1, 0.15) is 56.8 Å². The number of methoxy groups -OCH3 is 1. The zero-order chi connectivity index (χ0) is 15.7. The summed E-state index contributed by atoms with van der Waals surface area (Å²) < 4.78 is 11.0. The smallest absolute Gasteiger partial charge is 0.161 e. The highest BCUT2D eigenvalue weighted by Gasteiger charge is 2.07. The minimum atomic E-state index is 0.598. The predicted octanol–water partition coefficient (Wildman–Crippen LogP) is 4.74. The van der Waals surface area contributed by atoms with Crippen LogP contribution < -0.4 is 9.47 Å². The lowest BCUT2D eigenvalue weighted by Gasteiger charge is -2.14. The molecule has 118 valence electrons. The molecule has 0 saturated carbocycles. The molecule has 0 aliphatic carbocycles. The first-order chi connectivity index (χ1) is 10.1. The van der Waals surface area contributed by atoms with Crippen LogP contribution in [0.25, 0.3) is 0 Å². The molecule has 0 aliphatic rings. The van der Waals surface area contributed by atoms with Crippen molar-refractivity contribution >= 4 is 6.29 Å². The van der Waals surface area contributed by atoms with Gasteiger partial charge in [-0.05, 0) is 36.5 Å². The lowest BCUT2D eigenvalue weighted by Crippen LogP contribution is -2.05. The third kappa shape index (κ3) is 6.65. The molecular weight excluding hydrogens is 264 g/mol. The fourth-order valence-electron chi connectivity index (χ4n) is 2.27. The highest BCUT2D eigenvalue weighted by Crippen LogP contribution is 2.28. The maximum absolute atomic E-state index is 10.7. The summed E-state index contributed by atoms with van der Waals surface area (Å²) in [7, 11) is 1.59. The standard InChI is InChI=1S/C18H28O3/c1-14(2)6-5-7-15(3)10-11-21-17-9-8-16(13-19)12-18(17)20-4/h8-9,12-15H,5-7,10-11H2,1-4H3. The summed E-state index contributed by atoms with van der Waals surface area (Å²) in [6.07, 6.45) is 5.69. The van der Waals surface area contributed by atoms with Gasteiger partial charge in [-0.15, -0.1) is 0 Å². The zero-order valence-electron chi connectivity index (χ0n) is 13.7. The molecule has 0 amide bonds. The van der Waals surface area contributed by atoms with Gasteiger partial charge in [0, 0.05) is 5.56 Å². The lowest BCUT2D eigenvalue weighted by molar-refractivity contribution is 0.112. The SMILES string of the molecule is COc1cc(C=O)ccc1OCCC(C)CCCC(C)C. The van der Waals surface area contributed by atoms with E-state index in [0.717, 1.165) is 18.6 Å². The predicted molar refractivity (Wildman–Crippen MR) is 86.3 cm³/mol. The number of hydrogen-bond donors (Lipinski definition) is 0. The zero-order valence-corrected chi connectivity index (χ0v) is 13.7. The Labute approximate surface area is 128 Å². The van der Waals surface area contributed by atoms with Gasteiger partial charge in [0.25, 0.3) is 0 Å². The van der Waals surface area contributed by atoms with Gasteiger partial charge in [-0.3, -0.25) is 4.79 Å². The van der Waals surface area contributed by atoms with E-state index in [2.05, 4.69) is 20.8 Å². The summed E-state index contributed by atoms with van der Waals surface area (Å²) in [5, 5.41) is 0. The molecule has 0 saturated heterocycles. The Bertz CT molecular complexity index is 426. The van der Waals surface area contributed by atoms with Gasteiger partial charge < -0.3 is 9.47 Å². The van der Waals surface area contributed by atoms with Gasteiger partial charge >= 0.3 is 0 Å². The molecule has 3 heteroatoms. The molecule has 1 unspecified atom stereocenters. The molecule has 1 aromatic carbocycles. The van der Waals surface area contributed by atoms with Crippen LogP contribution in [-0.4, -0.2) is 20.0 Å². The van der Waals surface area contributed by atoms with Gasteiger partial charge in [-0.2, -0.15) is 0 Å². The molecule has 1 atom stereocenters. The van der Waals surface area contributed by atoms with Crippen molar-refractivity contribution in [3.05, 3.63) is 23.8 Å². The summed E-state index contributed by atoms with van der Waals surface area (Å²) in [4.78, 5) is 10.7. The molecular formula is C18H28O3. The van der Waals surface area contributed by atoms with E-state index >= 15 is 0 Å². The van der Waals surface area contributed by atoms with Crippen molar-refractivity contribution < 1.29 is 14.3 Å². The summed E-state index contributed by atoms with van der Waals surface area (Å²) in [5.41, 5.74) is 0.598. The van der Waals surface area contributed by atoms with Crippen LogP contribution >= 0.6 is 0 Å². The fraction of sp³-hybridized carbons (Fsp3) is 0.611. The van der Waals surface area contributed by atoms with Gasteiger partial charge in [-0.25, -0.2) is 0 Å². The monoisotopic (exact) mass is 292 g/mol. The first-order valence-corrected chi connectivity index (χ1v) is 7.82. The van der Waals surface area contributed by atoms with Gasteiger partial charge in [0.05, 0.1) is 13.7 Å². The van der Waals surface area contributed by atoms with Gasteiger partial charge in [0.2, 0.25) is 0 Å². The quantitative estimate of drug-likeness (QED) is 0.584. The minimum Gasteiger partial charge on any atom is -0.493 e. The van der Waals surface area contributed by atoms with Crippen molar-refractivity contribution in [2.75, 3.05) is 13.7 Å². The number of hydrogen-bond acceptors (Lipinski definition) is 3. The molecule has 0 bridgehead atoms. The number of benzene rings is 1. The largest absolute Gasteiger partial charge is 0.493 e. The van der Waals surface area contributed by atoms with E-state index in [0.29, 0.717) is 29.6 Å². The molecule has 0 spiro atoms. The second-order valence-electron chi connectivity index (χ2n) is 6.10. The Kier molecular flexibility index (Phi) is 7.88. The highest BCUT2D eigenvalue weighted by atomic mass is 16.5. The number of carbonyl (C=O) groups excluding carboxylic acids is 1. The molecule has 3 nitrogen and oxygen atoms in total. The molecule has 0 aliphatic heterocycles. The van der Waals surface area contributed by atoms with E-state index in [1.54, 1.807) is 25.3 Å². The van der Waals surface area contributed by atoms with Crippen LogP contribution in [0.4, 0.5) is 0 Å². The highest BCUT2D eigenvalue weighted by molar-refractivity contribution is 5.76. The topological polar surface area (TPSA) is 35.5 Å². The van der Waals surface area contributed by atoms with E-state index < -0.39 is 0 Å². The average molecular weight is 292 g/mol. The first-order valence-electron chi connectivity index (χ1n) is 7.82. The summed E-state index contributed by atoms with van der Waals surface area (Å²) >= 11 is 0. The molecule has 0 N–H and O–H groups in total. The van der Waals surface area contributed by atoms with Gasteiger partial charge in [0.1, 0.15) is 6.29 Å². The fourth-order valence-corrected chi connectivity index (χ4v) is 2.27. The van der Waals surface area contributed by atoms with Crippen LogP contribution in [0, 0.1) is 11.8 Å². The average Bonchev–Trinajstić information content (AvgIpc) is 2.47. The number of aldehydes is 1. The summed E-state index contributed by atoms with van der Waals surface area (Å²) in [6.45, 7) is 7.49. The third-order valence-corrected chi connectivity index (χ3v) is 3.67. The Hall–Kier alpha value is -1.51. The van der Waals surface area contributed by atoms with Crippen LogP contribution in [0.2, 0.25) is 0 Å². The minimum absolute atomic E-state index is 0.598. The molecule has 1 aromatic rings. The maximum Gasteiger partial charge on any atom is 0.161 e. The number of carbonyl (C=O) groups is 1. The Balaban J connectivity index is 2.36. The van der Waals surface area contributed by atoms with Crippen LogP contribution in [0.3, 0.4) is 0 Å². The number of ether oxygens (including phenoxy) is 2. The van der Waals surface area contributed by atoms with Crippen molar-refractivity contribution in [3.63, 3.8) is 0 Å². The Morgan fingerprint density at radius 2 is 1.86 bits per heavy atom. The molecule has 0 fully saturated rings. The lowest BCUT2D eigenvalue weighted by atomic mass is 9.98. The number of rotatable bonds is 10. The summed E-state index contributed by atoms with van der Waals surface area (Å²) in [6, 6.07) is 5.25. The normalized spacial score (nSPS) is 12.2. The van der Waals surface area contributed by atoms with Crippen molar-refractivity contribution in [3.8, 4) is 11.5 Å². The van der Waals surface area contributed by atoms with E-state index in [-0.39, 0.29) is 0 Å². The maximum atomic E-state index is 10.7. The van der Waals surface area contributed by atoms with Crippen molar-refractivity contribution in [1.29, 1.82) is 0 Å². The van der Waals surface area contributed by atoms with Crippen LogP contribution in [-0.2, 0) is 0 Å². The van der Waals surface area contributed by atoms with E-state index in [9.17, 15) is 4.79 Å². The summed E-state index contributed by atoms with van der Waals surface area (Å²) in [5.74, 6) is 2.78. The second-order valence-corrected chi connectivity index (χ2v) is 6.10. The molecule has 0 heterocycles. The van der Waals surface area contributed by atoms with Crippen LogP contribution in [0.15, 0.2) is 18.2 Å². The Morgan fingerprint density at radius 3 is 2.48 bits per heavy atom. The second kappa shape index (κ2) is 9.43.